The molecule has 0 aliphatic heterocycles. The van der Waals surface area contributed by atoms with Crippen molar-refractivity contribution >= 4 is 33.3 Å². The summed E-state index contributed by atoms with van der Waals surface area (Å²) in [7, 11) is 0. The summed E-state index contributed by atoms with van der Waals surface area (Å²) < 4.78 is 6.59. The highest BCUT2D eigenvalue weighted by Crippen LogP contribution is 2.26. The Morgan fingerprint density at radius 1 is 0.828 bits per heavy atom. The number of halogens is 1. The van der Waals surface area contributed by atoms with Crippen molar-refractivity contribution in [3.63, 3.8) is 0 Å². The van der Waals surface area contributed by atoms with Crippen LogP contribution < -0.4 is 10.6 Å². The molecule has 2 amide bonds. The number of anilines is 2. The lowest BCUT2D eigenvalue weighted by Crippen LogP contribution is -2.19. The van der Waals surface area contributed by atoms with Crippen LogP contribution in [0.25, 0.3) is 22.7 Å². The number of aromatic nitrogens is 1. The van der Waals surface area contributed by atoms with Gasteiger partial charge in [0, 0.05) is 27.0 Å². The minimum absolute atomic E-state index is 0.308. The molecule has 0 aliphatic carbocycles. The lowest BCUT2D eigenvalue weighted by Gasteiger charge is -2.08. The van der Waals surface area contributed by atoms with Crippen molar-refractivity contribution in [1.82, 2.24) is 4.98 Å². The van der Waals surface area contributed by atoms with Crippen LogP contribution in [0.4, 0.5) is 16.2 Å². The van der Waals surface area contributed by atoms with Crippen LogP contribution in [0.5, 0.6) is 0 Å². The third kappa shape index (κ3) is 4.73. The quantitative estimate of drug-likeness (QED) is 0.364. The SMILES string of the molecule is Cc1ccc(-c2coc(-c3ccc(NC(=O)Nc4ccc(Br)cc4)cc3)n2)cc1. The van der Waals surface area contributed by atoms with Gasteiger partial charge < -0.3 is 15.1 Å². The highest BCUT2D eigenvalue weighted by atomic mass is 79.9. The highest BCUT2D eigenvalue weighted by Gasteiger charge is 2.09. The average molecular weight is 448 g/mol. The summed E-state index contributed by atoms with van der Waals surface area (Å²) in [6.45, 7) is 2.05. The summed E-state index contributed by atoms with van der Waals surface area (Å²) in [4.78, 5) is 16.7. The fourth-order valence-electron chi connectivity index (χ4n) is 2.79. The molecular weight excluding hydrogens is 430 g/mol. The van der Waals surface area contributed by atoms with Gasteiger partial charge in [0.05, 0.1) is 0 Å². The van der Waals surface area contributed by atoms with E-state index in [9.17, 15) is 4.79 Å². The number of carbonyl (C=O) groups excluding carboxylic acids is 1. The fourth-order valence-corrected chi connectivity index (χ4v) is 3.05. The molecule has 0 saturated carbocycles. The first kappa shape index (κ1) is 19.0. The molecule has 29 heavy (non-hydrogen) atoms. The number of benzene rings is 3. The Morgan fingerprint density at radius 3 is 2.00 bits per heavy atom. The van der Waals surface area contributed by atoms with Gasteiger partial charge in [0.1, 0.15) is 12.0 Å². The maximum Gasteiger partial charge on any atom is 0.323 e. The lowest BCUT2D eigenvalue weighted by molar-refractivity contribution is 0.262. The van der Waals surface area contributed by atoms with Crippen LogP contribution in [0.1, 0.15) is 5.56 Å². The molecule has 0 radical (unpaired) electrons. The maximum absolute atomic E-state index is 12.1. The second kappa shape index (κ2) is 8.32. The molecule has 0 atom stereocenters. The molecule has 144 valence electrons. The number of nitrogens with zero attached hydrogens (tertiary/aromatic N) is 1. The van der Waals surface area contributed by atoms with Crippen molar-refractivity contribution in [1.29, 1.82) is 0 Å². The second-order valence-corrected chi connectivity index (χ2v) is 7.48. The number of amides is 2. The lowest BCUT2D eigenvalue weighted by atomic mass is 10.1. The molecule has 3 aromatic carbocycles. The molecule has 0 bridgehead atoms. The van der Waals surface area contributed by atoms with Crippen molar-refractivity contribution in [3.05, 3.63) is 89.1 Å². The van der Waals surface area contributed by atoms with E-state index in [4.69, 9.17) is 4.42 Å². The van der Waals surface area contributed by atoms with Crippen LogP contribution in [0.3, 0.4) is 0 Å². The summed E-state index contributed by atoms with van der Waals surface area (Å²) in [6.07, 6.45) is 1.65. The number of nitrogens with one attached hydrogen (secondary N) is 2. The number of urea groups is 1. The zero-order valence-electron chi connectivity index (χ0n) is 15.6. The highest BCUT2D eigenvalue weighted by molar-refractivity contribution is 9.10. The fraction of sp³-hybridized carbons (Fsp3) is 0.0435. The van der Waals surface area contributed by atoms with Gasteiger partial charge in [-0.15, -0.1) is 0 Å². The Hall–Kier alpha value is -3.38. The van der Waals surface area contributed by atoms with Crippen LogP contribution in [0.15, 0.2) is 87.9 Å². The maximum atomic E-state index is 12.1. The molecule has 0 aliphatic rings. The molecule has 0 unspecified atom stereocenters. The van der Waals surface area contributed by atoms with E-state index in [1.54, 1.807) is 6.26 Å². The first-order valence-corrected chi connectivity index (χ1v) is 9.83. The van der Waals surface area contributed by atoms with Crippen LogP contribution in [-0.4, -0.2) is 11.0 Å². The first-order valence-electron chi connectivity index (χ1n) is 9.03. The third-order valence-corrected chi connectivity index (χ3v) is 4.87. The van der Waals surface area contributed by atoms with E-state index in [1.165, 1.54) is 5.56 Å². The molecule has 4 rings (SSSR count). The topological polar surface area (TPSA) is 67.2 Å². The van der Waals surface area contributed by atoms with Crippen molar-refractivity contribution in [2.45, 2.75) is 6.92 Å². The van der Waals surface area contributed by atoms with Gasteiger partial charge in [-0.25, -0.2) is 9.78 Å². The molecule has 0 saturated heterocycles. The molecule has 6 heteroatoms. The molecule has 0 fully saturated rings. The summed E-state index contributed by atoms with van der Waals surface area (Å²) in [5.41, 5.74) is 5.22. The van der Waals surface area contributed by atoms with Crippen molar-refractivity contribution in [3.8, 4) is 22.7 Å². The van der Waals surface area contributed by atoms with Gasteiger partial charge in [-0.2, -0.15) is 0 Å². The van der Waals surface area contributed by atoms with Crippen LogP contribution in [-0.2, 0) is 0 Å². The normalized spacial score (nSPS) is 10.6. The summed E-state index contributed by atoms with van der Waals surface area (Å²) in [6, 6.07) is 22.5. The number of aryl methyl sites for hydroxylation is 1. The molecule has 2 N–H and O–H groups in total. The molecule has 1 heterocycles. The van der Waals surface area contributed by atoms with Crippen molar-refractivity contribution in [2.24, 2.45) is 0 Å². The molecule has 5 nitrogen and oxygen atoms in total. The smallest absolute Gasteiger partial charge is 0.323 e. The van der Waals surface area contributed by atoms with Gasteiger partial charge in [0.2, 0.25) is 5.89 Å². The van der Waals surface area contributed by atoms with E-state index in [2.05, 4.69) is 31.5 Å². The monoisotopic (exact) mass is 447 g/mol. The number of carbonyl (C=O) groups is 1. The molecule has 1 aromatic heterocycles. The first-order chi connectivity index (χ1) is 14.1. The van der Waals surface area contributed by atoms with Crippen molar-refractivity contribution < 1.29 is 9.21 Å². The van der Waals surface area contributed by atoms with Gasteiger partial charge >= 0.3 is 6.03 Å². The molecular formula is C23H18BrN3O2. The van der Waals surface area contributed by atoms with Crippen molar-refractivity contribution in [2.75, 3.05) is 10.6 Å². The Balaban J connectivity index is 1.42. The van der Waals surface area contributed by atoms with E-state index < -0.39 is 0 Å². The number of rotatable bonds is 4. The van der Waals surface area contributed by atoms with Gasteiger partial charge in [-0.05, 0) is 55.5 Å². The van der Waals surface area contributed by atoms with Crippen LogP contribution in [0, 0.1) is 6.92 Å². The van der Waals surface area contributed by atoms with Gasteiger partial charge in [0.25, 0.3) is 0 Å². The minimum Gasteiger partial charge on any atom is -0.444 e. The average Bonchev–Trinajstić information content (AvgIpc) is 3.21. The number of hydrogen-bond acceptors (Lipinski definition) is 3. The standard InChI is InChI=1S/C23H18BrN3O2/c1-15-2-4-16(5-3-15)21-14-29-22(27-21)17-6-10-19(11-7-17)25-23(28)26-20-12-8-18(24)9-13-20/h2-14H,1H3,(H2,25,26,28). The Bertz CT molecular complexity index is 1120. The van der Waals surface area contributed by atoms with Gasteiger partial charge in [-0.3, -0.25) is 0 Å². The predicted molar refractivity (Wildman–Crippen MR) is 119 cm³/mol. The van der Waals surface area contributed by atoms with E-state index in [0.717, 1.165) is 21.3 Å². The number of hydrogen-bond donors (Lipinski definition) is 2. The van der Waals surface area contributed by atoms with Gasteiger partial charge in [-0.1, -0.05) is 45.8 Å². The summed E-state index contributed by atoms with van der Waals surface area (Å²) in [5, 5.41) is 5.59. The Kier molecular flexibility index (Phi) is 5.44. The van der Waals surface area contributed by atoms with E-state index in [1.807, 2.05) is 79.7 Å². The van der Waals surface area contributed by atoms with E-state index in [-0.39, 0.29) is 6.03 Å². The number of oxazole rings is 1. The second-order valence-electron chi connectivity index (χ2n) is 6.57. The minimum atomic E-state index is -0.308. The zero-order chi connectivity index (χ0) is 20.2. The Labute approximate surface area is 176 Å². The van der Waals surface area contributed by atoms with Crippen LogP contribution in [0.2, 0.25) is 0 Å². The zero-order valence-corrected chi connectivity index (χ0v) is 17.2. The molecule has 0 spiro atoms. The largest absolute Gasteiger partial charge is 0.444 e. The summed E-state index contributed by atoms with van der Waals surface area (Å²) in [5.74, 6) is 0.534. The predicted octanol–water partition coefficient (Wildman–Crippen LogP) is 6.72. The summed E-state index contributed by atoms with van der Waals surface area (Å²) >= 11 is 3.37. The molecule has 4 aromatic rings. The van der Waals surface area contributed by atoms with E-state index >= 15 is 0 Å². The third-order valence-electron chi connectivity index (χ3n) is 4.34. The van der Waals surface area contributed by atoms with E-state index in [0.29, 0.717) is 17.3 Å². The Morgan fingerprint density at radius 2 is 1.38 bits per heavy atom. The van der Waals surface area contributed by atoms with Gasteiger partial charge in [0.15, 0.2) is 0 Å². The van der Waals surface area contributed by atoms with Crippen LogP contribution >= 0.6 is 15.9 Å².